The lowest BCUT2D eigenvalue weighted by Crippen LogP contribution is -2.34. The second-order valence-electron chi connectivity index (χ2n) is 4.01. The minimum atomic E-state index is 0.166. The second-order valence-corrected chi connectivity index (χ2v) is 4.01. The first kappa shape index (κ1) is 10.7. The second kappa shape index (κ2) is 4.39. The van der Waals surface area contributed by atoms with Gasteiger partial charge in [-0.15, -0.1) is 0 Å². The highest BCUT2D eigenvalue weighted by atomic mass is 16.5. The minimum absolute atomic E-state index is 0.166. The van der Waals surface area contributed by atoms with E-state index in [4.69, 9.17) is 4.74 Å². The number of ether oxygens (including phenoxy) is 1. The van der Waals surface area contributed by atoms with Gasteiger partial charge in [0.1, 0.15) is 5.75 Å². The molecule has 1 aliphatic heterocycles. The highest BCUT2D eigenvalue weighted by Crippen LogP contribution is 2.21. The Hall–Kier alpha value is -1.77. The molecule has 2 rings (SSSR count). The molecule has 1 aliphatic rings. The molecule has 16 heavy (non-hydrogen) atoms. The quantitative estimate of drug-likeness (QED) is 0.759. The summed E-state index contributed by atoms with van der Waals surface area (Å²) in [7, 11) is 1.65. The maximum atomic E-state index is 11.4. The predicted octanol–water partition coefficient (Wildman–Crippen LogP) is 2.03. The highest BCUT2D eigenvalue weighted by molar-refractivity contribution is 5.95. The molecule has 0 aromatic heterocycles. The lowest BCUT2D eigenvalue weighted by atomic mass is 10.1. The van der Waals surface area contributed by atoms with Gasteiger partial charge in [0.15, 0.2) is 5.78 Å². The smallest absolute Gasteiger partial charge is 0.174 e. The summed E-state index contributed by atoms with van der Waals surface area (Å²) in [4.78, 5) is 13.5. The summed E-state index contributed by atoms with van der Waals surface area (Å²) in [5.41, 5.74) is 2.16. The molecule has 0 atom stereocenters. The zero-order valence-electron chi connectivity index (χ0n) is 9.56. The van der Waals surface area contributed by atoms with Crippen LogP contribution in [-0.2, 0) is 4.79 Å². The standard InChI is InChI=1S/C13H15NO2/c1-10-7-12(15)9-14(8-10)11-3-5-13(16-2)6-4-11/h3-7H,8-9H2,1-2H3. The Morgan fingerprint density at radius 2 is 1.88 bits per heavy atom. The normalized spacial score (nSPS) is 16.0. The summed E-state index contributed by atoms with van der Waals surface area (Å²) >= 11 is 0. The van der Waals surface area contributed by atoms with E-state index in [-0.39, 0.29) is 5.78 Å². The first-order valence-corrected chi connectivity index (χ1v) is 5.28. The Balaban J connectivity index is 2.18. The van der Waals surface area contributed by atoms with Gasteiger partial charge in [-0.3, -0.25) is 4.79 Å². The molecule has 0 radical (unpaired) electrons. The van der Waals surface area contributed by atoms with Crippen LogP contribution in [0.5, 0.6) is 5.75 Å². The van der Waals surface area contributed by atoms with Crippen molar-refractivity contribution in [3.8, 4) is 5.75 Å². The molecule has 0 bridgehead atoms. The van der Waals surface area contributed by atoms with E-state index in [0.29, 0.717) is 6.54 Å². The number of methoxy groups -OCH3 is 1. The van der Waals surface area contributed by atoms with Gasteiger partial charge in [0.25, 0.3) is 0 Å². The maximum Gasteiger partial charge on any atom is 0.174 e. The van der Waals surface area contributed by atoms with Crippen molar-refractivity contribution in [1.29, 1.82) is 0 Å². The molecule has 3 nitrogen and oxygen atoms in total. The Labute approximate surface area is 95.3 Å². The predicted molar refractivity (Wildman–Crippen MR) is 64.0 cm³/mol. The van der Waals surface area contributed by atoms with Gasteiger partial charge in [0.2, 0.25) is 0 Å². The van der Waals surface area contributed by atoms with Crippen LogP contribution in [0.2, 0.25) is 0 Å². The van der Waals surface area contributed by atoms with Crippen LogP contribution in [0.4, 0.5) is 5.69 Å². The van der Waals surface area contributed by atoms with Crippen LogP contribution >= 0.6 is 0 Å². The van der Waals surface area contributed by atoms with Crippen molar-refractivity contribution in [2.24, 2.45) is 0 Å². The lowest BCUT2D eigenvalue weighted by Gasteiger charge is -2.27. The molecule has 3 heteroatoms. The number of hydrogen-bond donors (Lipinski definition) is 0. The van der Waals surface area contributed by atoms with Crippen LogP contribution in [0, 0.1) is 0 Å². The third-order valence-electron chi connectivity index (χ3n) is 2.63. The molecule has 1 aromatic carbocycles. The summed E-state index contributed by atoms with van der Waals surface area (Å²) in [5, 5.41) is 0. The Bertz CT molecular complexity index is 420. The zero-order chi connectivity index (χ0) is 11.5. The monoisotopic (exact) mass is 217 g/mol. The van der Waals surface area contributed by atoms with E-state index in [0.717, 1.165) is 23.6 Å². The highest BCUT2D eigenvalue weighted by Gasteiger charge is 2.15. The van der Waals surface area contributed by atoms with Crippen LogP contribution < -0.4 is 9.64 Å². The molecule has 1 heterocycles. The van der Waals surface area contributed by atoms with Crippen LogP contribution in [0.1, 0.15) is 6.92 Å². The molecule has 1 aromatic rings. The van der Waals surface area contributed by atoms with Crippen molar-refractivity contribution >= 4 is 11.5 Å². The van der Waals surface area contributed by atoms with Crippen LogP contribution in [0.25, 0.3) is 0 Å². The van der Waals surface area contributed by atoms with E-state index in [1.54, 1.807) is 13.2 Å². The van der Waals surface area contributed by atoms with E-state index >= 15 is 0 Å². The summed E-state index contributed by atoms with van der Waals surface area (Å²) < 4.78 is 5.10. The third-order valence-corrected chi connectivity index (χ3v) is 2.63. The Kier molecular flexibility index (Phi) is 2.95. The average molecular weight is 217 g/mol. The van der Waals surface area contributed by atoms with E-state index in [1.165, 1.54) is 0 Å². The fourth-order valence-corrected chi connectivity index (χ4v) is 1.89. The topological polar surface area (TPSA) is 29.5 Å². The van der Waals surface area contributed by atoms with E-state index in [2.05, 4.69) is 4.90 Å². The van der Waals surface area contributed by atoms with E-state index in [1.807, 2.05) is 31.2 Å². The number of carbonyl (C=O) groups excluding carboxylic acids is 1. The number of anilines is 1. The fourth-order valence-electron chi connectivity index (χ4n) is 1.89. The number of rotatable bonds is 2. The molecule has 0 saturated heterocycles. The molecular weight excluding hydrogens is 202 g/mol. The molecule has 0 spiro atoms. The van der Waals surface area contributed by atoms with Crippen LogP contribution in [0.3, 0.4) is 0 Å². The van der Waals surface area contributed by atoms with Gasteiger partial charge in [0.05, 0.1) is 13.7 Å². The summed E-state index contributed by atoms with van der Waals surface area (Å²) in [6, 6.07) is 7.77. The first-order valence-electron chi connectivity index (χ1n) is 5.28. The van der Waals surface area contributed by atoms with Gasteiger partial charge < -0.3 is 9.64 Å². The lowest BCUT2D eigenvalue weighted by molar-refractivity contribution is -0.113. The third kappa shape index (κ3) is 2.24. The van der Waals surface area contributed by atoms with Gasteiger partial charge in [-0.2, -0.15) is 0 Å². The SMILES string of the molecule is COc1ccc(N2CC(=O)C=C(C)C2)cc1. The van der Waals surface area contributed by atoms with Crippen molar-refractivity contribution in [2.75, 3.05) is 25.1 Å². The average Bonchev–Trinajstić information content (AvgIpc) is 2.28. The molecule has 0 saturated carbocycles. The first-order chi connectivity index (χ1) is 7.69. The molecule has 0 fully saturated rings. The number of hydrogen-bond acceptors (Lipinski definition) is 3. The molecule has 0 N–H and O–H groups in total. The van der Waals surface area contributed by atoms with Crippen molar-refractivity contribution in [3.63, 3.8) is 0 Å². The Morgan fingerprint density at radius 3 is 2.44 bits per heavy atom. The van der Waals surface area contributed by atoms with E-state index < -0.39 is 0 Å². The van der Waals surface area contributed by atoms with Gasteiger partial charge in [0, 0.05) is 12.2 Å². The van der Waals surface area contributed by atoms with Crippen molar-refractivity contribution in [1.82, 2.24) is 0 Å². The van der Waals surface area contributed by atoms with Crippen molar-refractivity contribution in [2.45, 2.75) is 6.92 Å². The minimum Gasteiger partial charge on any atom is -0.497 e. The molecule has 0 amide bonds. The number of ketones is 1. The summed E-state index contributed by atoms with van der Waals surface area (Å²) in [5.74, 6) is 0.999. The maximum absolute atomic E-state index is 11.4. The largest absolute Gasteiger partial charge is 0.497 e. The fraction of sp³-hybridized carbons (Fsp3) is 0.308. The molecule has 84 valence electrons. The molecular formula is C13H15NO2. The summed E-state index contributed by atoms with van der Waals surface area (Å²) in [6.07, 6.45) is 1.72. The Morgan fingerprint density at radius 1 is 1.19 bits per heavy atom. The van der Waals surface area contributed by atoms with Gasteiger partial charge >= 0.3 is 0 Å². The number of carbonyl (C=O) groups is 1. The van der Waals surface area contributed by atoms with Crippen LogP contribution in [0.15, 0.2) is 35.9 Å². The number of nitrogens with zero attached hydrogens (tertiary/aromatic N) is 1. The van der Waals surface area contributed by atoms with E-state index in [9.17, 15) is 4.79 Å². The van der Waals surface area contributed by atoms with Gasteiger partial charge in [-0.05, 0) is 37.3 Å². The summed E-state index contributed by atoms with van der Waals surface area (Å²) in [6.45, 7) is 3.26. The van der Waals surface area contributed by atoms with Crippen molar-refractivity contribution in [3.05, 3.63) is 35.9 Å². The molecule has 0 unspecified atom stereocenters. The zero-order valence-corrected chi connectivity index (χ0v) is 9.56. The van der Waals surface area contributed by atoms with Gasteiger partial charge in [-0.1, -0.05) is 5.57 Å². The number of benzene rings is 1. The van der Waals surface area contributed by atoms with Gasteiger partial charge in [-0.25, -0.2) is 0 Å². The van der Waals surface area contributed by atoms with Crippen molar-refractivity contribution < 1.29 is 9.53 Å². The van der Waals surface area contributed by atoms with Crippen LogP contribution in [-0.4, -0.2) is 26.0 Å². The molecule has 0 aliphatic carbocycles.